The second-order valence-electron chi connectivity index (χ2n) is 4.71. The van der Waals surface area contributed by atoms with E-state index in [1.807, 2.05) is 6.92 Å². The van der Waals surface area contributed by atoms with Gasteiger partial charge in [-0.3, -0.25) is 4.68 Å². The van der Waals surface area contributed by atoms with Crippen molar-refractivity contribution < 1.29 is 0 Å². The van der Waals surface area contributed by atoms with Gasteiger partial charge in [-0.05, 0) is 33.1 Å². The Morgan fingerprint density at radius 1 is 1.18 bits per heavy atom. The molecule has 1 aromatic rings. The van der Waals surface area contributed by atoms with Gasteiger partial charge in [-0.1, -0.05) is 27.2 Å². The van der Waals surface area contributed by atoms with E-state index in [2.05, 4.69) is 32.4 Å². The van der Waals surface area contributed by atoms with Crippen molar-refractivity contribution >= 4 is 11.6 Å². The summed E-state index contributed by atoms with van der Waals surface area (Å²) >= 11 is 6.31. The van der Waals surface area contributed by atoms with Crippen molar-refractivity contribution in [2.45, 2.75) is 71.7 Å². The minimum atomic E-state index is 0.0578. The molecule has 17 heavy (non-hydrogen) atoms. The normalized spacial score (nSPS) is 14.9. The number of hydrogen-bond donors (Lipinski definition) is 0. The molecule has 2 atom stereocenters. The molecule has 0 radical (unpaired) electrons. The Balaban J connectivity index is 3.22. The van der Waals surface area contributed by atoms with Gasteiger partial charge in [0, 0.05) is 17.3 Å². The number of aromatic nitrogens is 2. The zero-order valence-corrected chi connectivity index (χ0v) is 12.5. The van der Waals surface area contributed by atoms with Crippen LogP contribution in [0, 0.1) is 0 Å². The van der Waals surface area contributed by atoms with Crippen LogP contribution in [0.3, 0.4) is 0 Å². The average Bonchev–Trinajstić information content (AvgIpc) is 2.67. The monoisotopic (exact) mass is 256 g/mol. The summed E-state index contributed by atoms with van der Waals surface area (Å²) in [5.74, 6) is 0. The highest BCUT2D eigenvalue weighted by atomic mass is 35.5. The van der Waals surface area contributed by atoms with E-state index in [1.165, 1.54) is 29.8 Å². The highest BCUT2D eigenvalue weighted by molar-refractivity contribution is 6.20. The molecule has 0 N–H and O–H groups in total. The van der Waals surface area contributed by atoms with Crippen molar-refractivity contribution in [1.82, 2.24) is 9.78 Å². The molecular weight excluding hydrogens is 232 g/mol. The fourth-order valence-corrected chi connectivity index (χ4v) is 2.76. The van der Waals surface area contributed by atoms with E-state index < -0.39 is 0 Å². The van der Waals surface area contributed by atoms with Crippen molar-refractivity contribution in [3.63, 3.8) is 0 Å². The summed E-state index contributed by atoms with van der Waals surface area (Å²) in [4.78, 5) is 0. The molecule has 0 aromatic carbocycles. The Morgan fingerprint density at radius 2 is 1.82 bits per heavy atom. The molecule has 1 aromatic heterocycles. The number of alkyl halides is 1. The molecule has 2 unspecified atom stereocenters. The van der Waals surface area contributed by atoms with Gasteiger partial charge < -0.3 is 0 Å². The summed E-state index contributed by atoms with van der Waals surface area (Å²) in [5.41, 5.74) is 3.76. The lowest BCUT2D eigenvalue weighted by molar-refractivity contribution is 0.438. The SMILES string of the molecule is CCCC(C)n1nc(CC)c(C(C)Cl)c1CC. The maximum Gasteiger partial charge on any atom is 0.0671 e. The number of aryl methyl sites for hydroxylation is 1. The fourth-order valence-electron chi connectivity index (χ4n) is 2.51. The summed E-state index contributed by atoms with van der Waals surface area (Å²) in [6, 6.07) is 0.476. The quantitative estimate of drug-likeness (QED) is 0.677. The molecule has 0 aliphatic heterocycles. The minimum absolute atomic E-state index is 0.0578. The van der Waals surface area contributed by atoms with Crippen LogP contribution in [0.1, 0.15) is 75.8 Å². The lowest BCUT2D eigenvalue weighted by Crippen LogP contribution is -2.11. The molecule has 98 valence electrons. The predicted octanol–water partition coefficient (Wildman–Crippen LogP) is 4.67. The van der Waals surface area contributed by atoms with Crippen LogP contribution in [-0.4, -0.2) is 9.78 Å². The van der Waals surface area contributed by atoms with E-state index in [0.29, 0.717) is 6.04 Å². The summed E-state index contributed by atoms with van der Waals surface area (Å²) in [7, 11) is 0. The van der Waals surface area contributed by atoms with Crippen LogP contribution in [-0.2, 0) is 12.8 Å². The van der Waals surface area contributed by atoms with Crippen LogP contribution in [0.25, 0.3) is 0 Å². The first-order valence-corrected chi connectivity index (χ1v) is 7.24. The first-order valence-electron chi connectivity index (χ1n) is 6.80. The Hall–Kier alpha value is -0.500. The van der Waals surface area contributed by atoms with Crippen LogP contribution in [0.2, 0.25) is 0 Å². The molecule has 0 fully saturated rings. The van der Waals surface area contributed by atoms with Gasteiger partial charge in [-0.25, -0.2) is 0 Å². The smallest absolute Gasteiger partial charge is 0.0671 e. The summed E-state index contributed by atoms with van der Waals surface area (Å²) in [6.07, 6.45) is 4.34. The molecule has 0 amide bonds. The van der Waals surface area contributed by atoms with Crippen molar-refractivity contribution in [2.75, 3.05) is 0 Å². The second kappa shape index (κ2) is 6.44. The molecule has 0 saturated heterocycles. The van der Waals surface area contributed by atoms with Gasteiger partial charge >= 0.3 is 0 Å². The Kier molecular flexibility index (Phi) is 5.51. The number of hydrogen-bond acceptors (Lipinski definition) is 1. The highest BCUT2D eigenvalue weighted by Gasteiger charge is 2.21. The molecule has 0 spiro atoms. The third-order valence-corrected chi connectivity index (χ3v) is 3.54. The Bertz CT molecular complexity index is 355. The largest absolute Gasteiger partial charge is 0.266 e. The maximum absolute atomic E-state index is 6.31. The third-order valence-electron chi connectivity index (χ3n) is 3.32. The van der Waals surface area contributed by atoms with Gasteiger partial charge in [-0.15, -0.1) is 11.6 Å². The van der Waals surface area contributed by atoms with Gasteiger partial charge in [0.2, 0.25) is 0 Å². The molecule has 3 heteroatoms. The van der Waals surface area contributed by atoms with Crippen LogP contribution in [0.15, 0.2) is 0 Å². The molecule has 0 aliphatic carbocycles. The van der Waals surface area contributed by atoms with Crippen LogP contribution in [0.5, 0.6) is 0 Å². The highest BCUT2D eigenvalue weighted by Crippen LogP contribution is 2.30. The van der Waals surface area contributed by atoms with E-state index >= 15 is 0 Å². The van der Waals surface area contributed by atoms with Gasteiger partial charge in [0.05, 0.1) is 11.1 Å². The lowest BCUT2D eigenvalue weighted by atomic mass is 10.1. The van der Waals surface area contributed by atoms with E-state index in [-0.39, 0.29) is 5.38 Å². The van der Waals surface area contributed by atoms with Crippen LogP contribution < -0.4 is 0 Å². The van der Waals surface area contributed by atoms with Crippen molar-refractivity contribution in [2.24, 2.45) is 0 Å². The molecular formula is C14H25ClN2. The standard InChI is InChI=1S/C14H25ClN2/c1-6-9-10(4)17-13(8-3)14(11(5)15)12(7-2)16-17/h10-11H,6-9H2,1-5H3. The summed E-state index contributed by atoms with van der Waals surface area (Å²) in [6.45, 7) is 10.9. The fraction of sp³-hybridized carbons (Fsp3) is 0.786. The van der Waals surface area contributed by atoms with Crippen molar-refractivity contribution in [3.05, 3.63) is 17.0 Å². The number of halogens is 1. The number of nitrogens with zero attached hydrogens (tertiary/aromatic N) is 2. The molecule has 2 nitrogen and oxygen atoms in total. The van der Waals surface area contributed by atoms with Gasteiger partial charge in [0.1, 0.15) is 0 Å². The molecule has 1 rings (SSSR count). The van der Waals surface area contributed by atoms with E-state index in [9.17, 15) is 0 Å². The van der Waals surface area contributed by atoms with E-state index in [1.54, 1.807) is 0 Å². The van der Waals surface area contributed by atoms with Crippen molar-refractivity contribution in [1.29, 1.82) is 0 Å². The summed E-state index contributed by atoms with van der Waals surface area (Å²) < 4.78 is 2.20. The average molecular weight is 257 g/mol. The maximum atomic E-state index is 6.31. The minimum Gasteiger partial charge on any atom is -0.266 e. The predicted molar refractivity (Wildman–Crippen MR) is 74.9 cm³/mol. The van der Waals surface area contributed by atoms with Gasteiger partial charge in [0.15, 0.2) is 0 Å². The molecule has 1 heterocycles. The van der Waals surface area contributed by atoms with E-state index in [0.717, 1.165) is 12.8 Å². The molecule has 0 bridgehead atoms. The van der Waals surface area contributed by atoms with E-state index in [4.69, 9.17) is 16.7 Å². The van der Waals surface area contributed by atoms with Crippen molar-refractivity contribution in [3.8, 4) is 0 Å². The topological polar surface area (TPSA) is 17.8 Å². The van der Waals surface area contributed by atoms with Crippen LogP contribution >= 0.6 is 11.6 Å². The summed E-state index contributed by atoms with van der Waals surface area (Å²) in [5, 5.41) is 4.83. The Morgan fingerprint density at radius 3 is 2.24 bits per heavy atom. The zero-order chi connectivity index (χ0) is 13.0. The first kappa shape index (κ1) is 14.6. The van der Waals surface area contributed by atoms with Gasteiger partial charge in [0.25, 0.3) is 0 Å². The zero-order valence-electron chi connectivity index (χ0n) is 11.8. The number of rotatable bonds is 6. The molecule has 0 saturated carbocycles. The third kappa shape index (κ3) is 3.04. The first-order chi connectivity index (χ1) is 8.06. The Labute approximate surface area is 110 Å². The van der Waals surface area contributed by atoms with Gasteiger partial charge in [-0.2, -0.15) is 5.10 Å². The van der Waals surface area contributed by atoms with Crippen LogP contribution in [0.4, 0.5) is 0 Å². The second-order valence-corrected chi connectivity index (χ2v) is 5.37. The molecule has 0 aliphatic rings. The lowest BCUT2D eigenvalue weighted by Gasteiger charge is -2.15.